The third-order valence-corrected chi connectivity index (χ3v) is 2.95. The van der Waals surface area contributed by atoms with E-state index in [-0.39, 0.29) is 0 Å². The quantitative estimate of drug-likeness (QED) is 0.497. The molecule has 3 rings (SSSR count). The Kier molecular flexibility index (Phi) is 7.64. The fourth-order valence-electron chi connectivity index (χ4n) is 2.28. The lowest BCUT2D eigenvalue weighted by Gasteiger charge is -2.35. The summed E-state index contributed by atoms with van der Waals surface area (Å²) >= 11 is 0. The summed E-state index contributed by atoms with van der Waals surface area (Å²) in [6.07, 6.45) is 9.36. The standard InChI is InChI=1S/C8H14.2C2H6/c1-2-8-5-3-7(1)4-6-8;2*1-2/h7-8H,1-6H2;2*1-2H3. The predicted molar refractivity (Wildman–Crippen MR) is 57.4 cm³/mol. The van der Waals surface area contributed by atoms with E-state index in [4.69, 9.17) is 0 Å². The second-order valence-corrected chi connectivity index (χ2v) is 3.46. The molecule has 0 heteroatoms. The van der Waals surface area contributed by atoms with Crippen LogP contribution in [0.4, 0.5) is 0 Å². The van der Waals surface area contributed by atoms with Gasteiger partial charge in [-0.05, 0) is 11.8 Å². The van der Waals surface area contributed by atoms with Crippen molar-refractivity contribution in [2.75, 3.05) is 0 Å². The van der Waals surface area contributed by atoms with E-state index in [0.29, 0.717) is 0 Å². The monoisotopic (exact) mass is 170 g/mol. The highest BCUT2D eigenvalue weighted by molar-refractivity contribution is 4.79. The summed E-state index contributed by atoms with van der Waals surface area (Å²) < 4.78 is 0. The van der Waals surface area contributed by atoms with Crippen LogP contribution in [0.3, 0.4) is 0 Å². The Morgan fingerprint density at radius 2 is 0.667 bits per heavy atom. The molecule has 3 aliphatic rings. The first-order valence-corrected chi connectivity index (χ1v) is 5.95. The molecule has 3 aliphatic carbocycles. The minimum absolute atomic E-state index is 1.15. The molecule has 0 N–H and O–H groups in total. The largest absolute Gasteiger partial charge is 0.0683 e. The van der Waals surface area contributed by atoms with Crippen LogP contribution in [0.2, 0.25) is 0 Å². The molecule has 12 heavy (non-hydrogen) atoms. The average molecular weight is 170 g/mol. The van der Waals surface area contributed by atoms with Crippen molar-refractivity contribution < 1.29 is 0 Å². The SMILES string of the molecule is C1CC2CCC1CC2.CC.CC. The molecule has 74 valence electrons. The van der Waals surface area contributed by atoms with Crippen LogP contribution in [0.15, 0.2) is 0 Å². The van der Waals surface area contributed by atoms with Gasteiger partial charge in [-0.1, -0.05) is 66.2 Å². The molecule has 0 atom stereocenters. The van der Waals surface area contributed by atoms with Crippen LogP contribution in [0.1, 0.15) is 66.2 Å². The van der Waals surface area contributed by atoms with Crippen LogP contribution in [-0.2, 0) is 0 Å². The maximum atomic E-state index is 2.00. The van der Waals surface area contributed by atoms with Crippen LogP contribution >= 0.6 is 0 Å². The molecule has 0 saturated heterocycles. The molecule has 0 spiro atoms. The first-order chi connectivity index (χ1) is 5.95. The molecule has 0 nitrogen and oxygen atoms in total. The molecular weight excluding hydrogens is 144 g/mol. The minimum atomic E-state index is 1.15. The van der Waals surface area contributed by atoms with E-state index in [9.17, 15) is 0 Å². The topological polar surface area (TPSA) is 0 Å². The van der Waals surface area contributed by atoms with Crippen LogP contribution in [0, 0.1) is 11.8 Å². The van der Waals surface area contributed by atoms with Gasteiger partial charge in [-0.15, -0.1) is 0 Å². The molecule has 0 unspecified atom stereocenters. The van der Waals surface area contributed by atoms with E-state index in [1.54, 1.807) is 38.5 Å². The van der Waals surface area contributed by atoms with Crippen molar-refractivity contribution >= 4 is 0 Å². The Balaban J connectivity index is 0.000000269. The lowest BCUT2D eigenvalue weighted by Crippen LogP contribution is -2.21. The molecule has 0 aromatic carbocycles. The Bertz CT molecular complexity index is 55.0. The second-order valence-electron chi connectivity index (χ2n) is 3.46. The Morgan fingerprint density at radius 3 is 0.750 bits per heavy atom. The van der Waals surface area contributed by atoms with Crippen LogP contribution in [-0.4, -0.2) is 0 Å². The maximum Gasteiger partial charge on any atom is -0.0414 e. The molecule has 0 heterocycles. The lowest BCUT2D eigenvalue weighted by atomic mass is 9.71. The van der Waals surface area contributed by atoms with Crippen LogP contribution in [0.25, 0.3) is 0 Å². The van der Waals surface area contributed by atoms with Crippen molar-refractivity contribution in [2.24, 2.45) is 11.8 Å². The average Bonchev–Trinajstić information content (AvgIpc) is 2.27. The van der Waals surface area contributed by atoms with Crippen molar-refractivity contribution in [3.05, 3.63) is 0 Å². The summed E-state index contributed by atoms with van der Waals surface area (Å²) in [6, 6.07) is 0. The molecule has 0 aliphatic heterocycles. The van der Waals surface area contributed by atoms with Gasteiger partial charge in [0.25, 0.3) is 0 Å². The van der Waals surface area contributed by atoms with E-state index >= 15 is 0 Å². The second kappa shape index (κ2) is 7.64. The highest BCUT2D eigenvalue weighted by Gasteiger charge is 2.26. The fraction of sp³-hybridized carbons (Fsp3) is 1.00. The summed E-state index contributed by atoms with van der Waals surface area (Å²) in [5.41, 5.74) is 0. The third-order valence-electron chi connectivity index (χ3n) is 2.95. The molecule has 0 amide bonds. The molecule has 0 aromatic rings. The number of hydrogen-bond acceptors (Lipinski definition) is 0. The third kappa shape index (κ3) is 3.60. The highest BCUT2D eigenvalue weighted by atomic mass is 14.3. The van der Waals surface area contributed by atoms with Gasteiger partial charge >= 0.3 is 0 Å². The smallest absolute Gasteiger partial charge is 0.0414 e. The van der Waals surface area contributed by atoms with Gasteiger partial charge in [-0.25, -0.2) is 0 Å². The van der Waals surface area contributed by atoms with Gasteiger partial charge in [0.1, 0.15) is 0 Å². The molecule has 0 radical (unpaired) electrons. The first kappa shape index (κ1) is 12.0. The van der Waals surface area contributed by atoms with Gasteiger partial charge in [0, 0.05) is 0 Å². The summed E-state index contributed by atoms with van der Waals surface area (Å²) in [5.74, 6) is 2.31. The summed E-state index contributed by atoms with van der Waals surface area (Å²) in [7, 11) is 0. The van der Waals surface area contributed by atoms with Crippen molar-refractivity contribution in [2.45, 2.75) is 66.2 Å². The van der Waals surface area contributed by atoms with E-state index in [1.165, 1.54) is 0 Å². The van der Waals surface area contributed by atoms with Crippen molar-refractivity contribution in [1.29, 1.82) is 0 Å². The van der Waals surface area contributed by atoms with Gasteiger partial charge in [-0.3, -0.25) is 0 Å². The van der Waals surface area contributed by atoms with E-state index in [0.717, 1.165) is 11.8 Å². The lowest BCUT2D eigenvalue weighted by molar-refractivity contribution is 0.176. The Hall–Kier alpha value is 0. The van der Waals surface area contributed by atoms with Gasteiger partial charge in [0.15, 0.2) is 0 Å². The minimum Gasteiger partial charge on any atom is -0.0683 e. The zero-order valence-electron chi connectivity index (χ0n) is 9.40. The zero-order valence-corrected chi connectivity index (χ0v) is 9.40. The van der Waals surface area contributed by atoms with Crippen LogP contribution in [0.5, 0.6) is 0 Å². The van der Waals surface area contributed by atoms with Crippen molar-refractivity contribution in [3.8, 4) is 0 Å². The van der Waals surface area contributed by atoms with E-state index < -0.39 is 0 Å². The van der Waals surface area contributed by atoms with E-state index in [1.807, 2.05) is 27.7 Å². The number of rotatable bonds is 0. The van der Waals surface area contributed by atoms with Gasteiger partial charge in [0.2, 0.25) is 0 Å². The number of fused-ring (bicyclic) bond motifs is 3. The molecule has 2 bridgehead atoms. The molecule has 0 aromatic heterocycles. The zero-order chi connectivity index (χ0) is 9.40. The van der Waals surface area contributed by atoms with Gasteiger partial charge < -0.3 is 0 Å². The summed E-state index contributed by atoms with van der Waals surface area (Å²) in [5, 5.41) is 0. The fourth-order valence-corrected chi connectivity index (χ4v) is 2.28. The van der Waals surface area contributed by atoms with Gasteiger partial charge in [0.05, 0.1) is 0 Å². The maximum absolute atomic E-state index is 2.00. The van der Waals surface area contributed by atoms with Gasteiger partial charge in [-0.2, -0.15) is 0 Å². The Labute approximate surface area is 78.8 Å². The normalized spacial score (nSPS) is 31.0. The summed E-state index contributed by atoms with van der Waals surface area (Å²) in [4.78, 5) is 0. The van der Waals surface area contributed by atoms with E-state index in [2.05, 4.69) is 0 Å². The highest BCUT2D eigenvalue weighted by Crippen LogP contribution is 2.40. The molecular formula is C12H26. The van der Waals surface area contributed by atoms with Crippen molar-refractivity contribution in [1.82, 2.24) is 0 Å². The summed E-state index contributed by atoms with van der Waals surface area (Å²) in [6.45, 7) is 8.00. The molecule has 3 fully saturated rings. The van der Waals surface area contributed by atoms with Crippen LogP contribution < -0.4 is 0 Å². The predicted octanol–water partition coefficient (Wildman–Crippen LogP) is 4.64. The Morgan fingerprint density at radius 1 is 0.500 bits per heavy atom. The molecule has 3 saturated carbocycles. The number of hydrogen-bond donors (Lipinski definition) is 0. The van der Waals surface area contributed by atoms with Crippen molar-refractivity contribution in [3.63, 3.8) is 0 Å². The first-order valence-electron chi connectivity index (χ1n) is 5.95.